The van der Waals surface area contributed by atoms with E-state index < -0.39 is 7.12 Å². The molecule has 0 saturated carbocycles. The Morgan fingerprint density at radius 2 is 2.09 bits per heavy atom. The van der Waals surface area contributed by atoms with Crippen molar-refractivity contribution in [3.8, 4) is 0 Å². The molecule has 2 aromatic carbocycles. The predicted octanol–water partition coefficient (Wildman–Crippen LogP) is 1.24. The largest absolute Gasteiger partial charge is 0.491 e. The van der Waals surface area contributed by atoms with Crippen LogP contribution in [0.15, 0.2) is 36.4 Å². The van der Waals surface area contributed by atoms with Crippen molar-refractivity contribution in [3.63, 3.8) is 0 Å². The van der Waals surface area contributed by atoms with Crippen LogP contribution in [0, 0.1) is 5.82 Å². The maximum atomic E-state index is 13.3. The topological polar surface area (TPSA) is 49.8 Å². The van der Waals surface area contributed by atoms with Gasteiger partial charge < -0.3 is 14.6 Å². The summed E-state index contributed by atoms with van der Waals surface area (Å²) < 4.78 is 18.5. The third kappa shape index (κ3) is 2.54. The smallest absolute Gasteiger partial charge is 0.423 e. The molecule has 0 fully saturated rings. The summed E-state index contributed by atoms with van der Waals surface area (Å²) in [5, 5.41) is 9.78. The molecule has 0 radical (unpaired) electrons. The minimum atomic E-state index is -0.884. The van der Waals surface area contributed by atoms with Gasteiger partial charge >= 0.3 is 7.12 Å². The quantitative estimate of drug-likeness (QED) is 0.849. The van der Waals surface area contributed by atoms with Crippen molar-refractivity contribution in [1.29, 1.82) is 0 Å². The van der Waals surface area contributed by atoms with Gasteiger partial charge in [0.1, 0.15) is 5.82 Å². The summed E-state index contributed by atoms with van der Waals surface area (Å²) in [6.07, 6.45) is 0.648. The Balaban J connectivity index is 1.57. The van der Waals surface area contributed by atoms with Gasteiger partial charge in [0.2, 0.25) is 0 Å². The van der Waals surface area contributed by atoms with Crippen LogP contribution < -0.4 is 5.46 Å². The van der Waals surface area contributed by atoms with Gasteiger partial charge in [0.05, 0.1) is 6.61 Å². The zero-order valence-corrected chi connectivity index (χ0v) is 12.5. The van der Waals surface area contributed by atoms with Crippen LogP contribution in [0.5, 0.6) is 0 Å². The lowest BCUT2D eigenvalue weighted by Gasteiger charge is -2.28. The van der Waals surface area contributed by atoms with E-state index in [2.05, 4.69) is 0 Å². The summed E-state index contributed by atoms with van der Waals surface area (Å²) in [4.78, 5) is 14.3. The molecule has 0 unspecified atom stereocenters. The molecule has 4 rings (SSSR count). The summed E-state index contributed by atoms with van der Waals surface area (Å²) in [5.41, 5.74) is 4.04. The minimum Gasteiger partial charge on any atom is -0.423 e. The van der Waals surface area contributed by atoms with Gasteiger partial charge in [0.15, 0.2) is 0 Å². The Morgan fingerprint density at radius 1 is 1.22 bits per heavy atom. The van der Waals surface area contributed by atoms with Gasteiger partial charge in [-0.25, -0.2) is 4.39 Å². The van der Waals surface area contributed by atoms with Crippen LogP contribution in [0.2, 0.25) is 0 Å². The van der Waals surface area contributed by atoms with Crippen molar-refractivity contribution in [3.05, 3.63) is 64.5 Å². The SMILES string of the molecule is O=C1c2ccc(F)cc2CCN1Cc1ccc2c(c1)B(O)OC2. The molecule has 4 nitrogen and oxygen atoms in total. The maximum absolute atomic E-state index is 13.3. The second-order valence-corrected chi connectivity index (χ2v) is 5.97. The molecule has 0 bridgehead atoms. The maximum Gasteiger partial charge on any atom is 0.491 e. The first-order valence-electron chi connectivity index (χ1n) is 7.61. The zero-order valence-electron chi connectivity index (χ0n) is 12.5. The van der Waals surface area contributed by atoms with Crippen molar-refractivity contribution < 1.29 is 18.9 Å². The minimum absolute atomic E-state index is 0.0800. The Kier molecular flexibility index (Phi) is 3.43. The molecule has 23 heavy (non-hydrogen) atoms. The molecule has 0 atom stereocenters. The van der Waals surface area contributed by atoms with E-state index in [1.807, 2.05) is 18.2 Å². The third-order valence-corrected chi connectivity index (χ3v) is 4.48. The Bertz CT molecular complexity index is 795. The first-order chi connectivity index (χ1) is 11.1. The molecule has 6 heteroatoms. The summed E-state index contributed by atoms with van der Waals surface area (Å²) in [6.45, 7) is 1.44. The highest BCUT2D eigenvalue weighted by Crippen LogP contribution is 2.22. The number of nitrogens with zero attached hydrogens (tertiary/aromatic N) is 1. The average molecular weight is 311 g/mol. The van der Waals surface area contributed by atoms with Crippen molar-refractivity contribution in [1.82, 2.24) is 4.90 Å². The number of hydrogen-bond acceptors (Lipinski definition) is 3. The highest BCUT2D eigenvalue weighted by atomic mass is 19.1. The monoisotopic (exact) mass is 311 g/mol. The number of carbonyl (C=O) groups excluding carboxylic acids is 1. The molecule has 0 spiro atoms. The summed E-state index contributed by atoms with van der Waals surface area (Å²) in [5.74, 6) is -0.388. The van der Waals surface area contributed by atoms with Gasteiger partial charge in [0, 0.05) is 18.7 Å². The van der Waals surface area contributed by atoms with E-state index in [0.717, 1.165) is 22.2 Å². The first kappa shape index (κ1) is 14.4. The van der Waals surface area contributed by atoms with Crippen LogP contribution in [0.3, 0.4) is 0 Å². The lowest BCUT2D eigenvalue weighted by atomic mass is 9.79. The molecule has 2 aromatic rings. The molecule has 0 aromatic heterocycles. The molecule has 116 valence electrons. The Labute approximate surface area is 133 Å². The molecule has 1 N–H and O–H groups in total. The van der Waals surface area contributed by atoms with E-state index in [4.69, 9.17) is 4.65 Å². The highest BCUT2D eigenvalue weighted by Gasteiger charge is 2.28. The summed E-state index contributed by atoms with van der Waals surface area (Å²) in [7, 11) is -0.884. The van der Waals surface area contributed by atoms with Crippen LogP contribution in [0.1, 0.15) is 27.0 Å². The average Bonchev–Trinajstić information content (AvgIpc) is 2.91. The standard InChI is InChI=1S/C17H15BFNO3/c19-14-3-4-15-12(8-14)5-6-20(17(15)21)9-11-1-2-13-10-23-18(22)16(13)7-11/h1-4,7-8,22H,5-6,9-10H2. The molecule has 2 aliphatic rings. The van der Waals surface area contributed by atoms with Crippen molar-refractivity contribution >= 4 is 18.5 Å². The van der Waals surface area contributed by atoms with E-state index in [-0.39, 0.29) is 11.7 Å². The second kappa shape index (κ2) is 5.47. The zero-order chi connectivity index (χ0) is 16.0. The van der Waals surface area contributed by atoms with E-state index in [9.17, 15) is 14.2 Å². The summed E-state index contributed by atoms with van der Waals surface area (Å²) >= 11 is 0. The fourth-order valence-electron chi connectivity index (χ4n) is 3.24. The van der Waals surface area contributed by atoms with E-state index in [1.165, 1.54) is 12.1 Å². The number of rotatable bonds is 2. The fraction of sp³-hybridized carbons (Fsp3) is 0.235. The van der Waals surface area contributed by atoms with E-state index in [1.54, 1.807) is 11.0 Å². The number of carbonyl (C=O) groups is 1. The lowest BCUT2D eigenvalue weighted by Crippen LogP contribution is -2.37. The molecule has 1 amide bonds. The van der Waals surface area contributed by atoms with Crippen molar-refractivity contribution in [2.24, 2.45) is 0 Å². The van der Waals surface area contributed by atoms with Gasteiger partial charge in [0.25, 0.3) is 5.91 Å². The molecule has 0 saturated heterocycles. The van der Waals surface area contributed by atoms with Crippen molar-refractivity contribution in [2.75, 3.05) is 6.54 Å². The van der Waals surface area contributed by atoms with Gasteiger partial charge in [-0.2, -0.15) is 0 Å². The molecular weight excluding hydrogens is 296 g/mol. The van der Waals surface area contributed by atoms with Crippen LogP contribution >= 0.6 is 0 Å². The second-order valence-electron chi connectivity index (χ2n) is 5.97. The predicted molar refractivity (Wildman–Crippen MR) is 83.7 cm³/mol. The van der Waals surface area contributed by atoms with E-state index >= 15 is 0 Å². The molecule has 2 aliphatic heterocycles. The number of amides is 1. The van der Waals surface area contributed by atoms with Crippen molar-refractivity contribution in [2.45, 2.75) is 19.6 Å². The number of fused-ring (bicyclic) bond motifs is 2. The first-order valence-corrected chi connectivity index (χ1v) is 7.61. The molecule has 2 heterocycles. The number of benzene rings is 2. The van der Waals surface area contributed by atoms with Crippen LogP contribution in [-0.4, -0.2) is 29.5 Å². The van der Waals surface area contributed by atoms with Gasteiger partial charge in [-0.05, 0) is 46.8 Å². The Morgan fingerprint density at radius 3 is 2.96 bits per heavy atom. The normalized spacial score (nSPS) is 16.5. The van der Waals surface area contributed by atoms with Gasteiger partial charge in [-0.3, -0.25) is 4.79 Å². The van der Waals surface area contributed by atoms with Crippen LogP contribution in [0.4, 0.5) is 4.39 Å². The Hall–Kier alpha value is -2.18. The summed E-state index contributed by atoms with van der Waals surface area (Å²) in [6, 6.07) is 10.1. The lowest BCUT2D eigenvalue weighted by molar-refractivity contribution is 0.0727. The highest BCUT2D eigenvalue weighted by molar-refractivity contribution is 6.61. The van der Waals surface area contributed by atoms with Crippen LogP contribution in [-0.2, 0) is 24.2 Å². The molecular formula is C17H15BFNO3. The third-order valence-electron chi connectivity index (χ3n) is 4.48. The van der Waals surface area contributed by atoms with Crippen LogP contribution in [0.25, 0.3) is 0 Å². The van der Waals surface area contributed by atoms with Gasteiger partial charge in [-0.15, -0.1) is 0 Å². The number of hydrogen-bond donors (Lipinski definition) is 1. The van der Waals surface area contributed by atoms with Gasteiger partial charge in [-0.1, -0.05) is 18.2 Å². The molecule has 0 aliphatic carbocycles. The fourth-order valence-corrected chi connectivity index (χ4v) is 3.24. The van der Waals surface area contributed by atoms with E-state index in [0.29, 0.717) is 31.7 Å². The number of halogens is 1.